The number of halogens is 1. The van der Waals surface area contributed by atoms with Crippen LogP contribution in [0.3, 0.4) is 0 Å². The number of unbranched alkanes of at least 4 members (excludes halogenated alkanes) is 3. The molecule has 0 saturated carbocycles. The molecule has 0 radical (unpaired) electrons. The highest BCUT2D eigenvalue weighted by Gasteiger charge is 2.40. The van der Waals surface area contributed by atoms with E-state index in [2.05, 4.69) is 47.5 Å². The van der Waals surface area contributed by atoms with Gasteiger partial charge in [-0.15, -0.1) is 12.4 Å². The second kappa shape index (κ2) is 23.5. The lowest BCUT2D eigenvalue weighted by Gasteiger charge is -2.39. The molecule has 2 saturated heterocycles. The van der Waals surface area contributed by atoms with Crippen molar-refractivity contribution in [3.63, 3.8) is 0 Å². The number of benzene rings is 3. The number of nitrogens with two attached hydrogens (primary N) is 1. The standard InChI is InChI=1S/C49H59N11O7.ClH/c1-2-36-39(44(50)62)13-12-37(43(36)57-49(17-20-51-21-18-49)48-56-45(58-59-48)40-16-19-52-31-54-40)32-8-7-9-35(29-32)67-24-6-4-3-5-23-65-26-27-66-25-22-53-34-10-11-38-33(28-34)30-60(47(38)64)41-14-15-42(61)55-46(41)63;/h7-13,16,19,28-29,31,41,51,53,57H,2-6,14-15,17-18,20-27,30H2,1H3,(H2,50,62)(H,55,61,63)(H,56,58,59);1H. The molecule has 68 heavy (non-hydrogen) atoms. The number of nitrogens with one attached hydrogen (secondary N) is 5. The smallest absolute Gasteiger partial charge is 0.255 e. The first-order valence-corrected chi connectivity index (χ1v) is 23.3. The van der Waals surface area contributed by atoms with Crippen molar-refractivity contribution in [2.24, 2.45) is 5.73 Å². The summed E-state index contributed by atoms with van der Waals surface area (Å²) in [6.45, 7) is 7.24. The van der Waals surface area contributed by atoms with Crippen molar-refractivity contribution in [2.75, 3.05) is 63.3 Å². The van der Waals surface area contributed by atoms with Crippen LogP contribution in [-0.4, -0.2) is 112 Å². The minimum Gasteiger partial charge on any atom is -0.494 e. The lowest BCUT2D eigenvalue weighted by Crippen LogP contribution is -2.52. The third kappa shape index (κ3) is 11.8. The van der Waals surface area contributed by atoms with Crippen molar-refractivity contribution in [3.8, 4) is 28.4 Å². The molecule has 3 aliphatic heterocycles. The molecule has 0 aliphatic carbocycles. The van der Waals surface area contributed by atoms with Gasteiger partial charge in [-0.25, -0.2) is 15.0 Å². The summed E-state index contributed by atoms with van der Waals surface area (Å²) in [5.41, 5.74) is 12.3. The molecule has 2 fully saturated rings. The van der Waals surface area contributed by atoms with E-state index in [-0.39, 0.29) is 30.6 Å². The van der Waals surface area contributed by atoms with Crippen molar-refractivity contribution >= 4 is 47.4 Å². The van der Waals surface area contributed by atoms with Crippen LogP contribution in [0.2, 0.25) is 0 Å². The largest absolute Gasteiger partial charge is 0.494 e. The number of amides is 4. The van der Waals surface area contributed by atoms with Gasteiger partial charge in [-0.2, -0.15) is 5.10 Å². The Bertz CT molecular complexity index is 2540. The van der Waals surface area contributed by atoms with Gasteiger partial charge in [0, 0.05) is 60.4 Å². The predicted octanol–water partition coefficient (Wildman–Crippen LogP) is 5.55. The highest BCUT2D eigenvalue weighted by Crippen LogP contribution is 2.41. The first-order chi connectivity index (χ1) is 32.7. The van der Waals surface area contributed by atoms with Crippen LogP contribution in [0.15, 0.2) is 73.2 Å². The Labute approximate surface area is 401 Å². The maximum Gasteiger partial charge on any atom is 0.255 e. The van der Waals surface area contributed by atoms with Crippen LogP contribution in [0, 0.1) is 0 Å². The number of anilines is 2. The molecule has 3 aromatic carbocycles. The van der Waals surface area contributed by atoms with Crippen molar-refractivity contribution in [1.82, 2.24) is 40.7 Å². The average molecular weight is 951 g/mol. The fourth-order valence-corrected chi connectivity index (χ4v) is 9.03. The molecule has 7 N–H and O–H groups in total. The number of rotatable bonds is 23. The molecule has 4 amide bonds. The zero-order valence-electron chi connectivity index (χ0n) is 38.3. The number of aromatic amines is 1. The minimum absolute atomic E-state index is 0. The van der Waals surface area contributed by atoms with E-state index in [1.165, 1.54) is 6.33 Å². The normalized spacial score (nSPS) is 16.5. The summed E-state index contributed by atoms with van der Waals surface area (Å²) >= 11 is 0. The van der Waals surface area contributed by atoms with E-state index in [9.17, 15) is 19.2 Å². The van der Waals surface area contributed by atoms with Crippen LogP contribution in [0.1, 0.15) is 96.0 Å². The molecular weight excluding hydrogens is 890 g/mol. The third-order valence-electron chi connectivity index (χ3n) is 12.6. The summed E-state index contributed by atoms with van der Waals surface area (Å²) < 4.78 is 17.8. The maximum atomic E-state index is 12.9. The van der Waals surface area contributed by atoms with Crippen molar-refractivity contribution in [1.29, 1.82) is 0 Å². The molecule has 19 heteroatoms. The van der Waals surface area contributed by atoms with Crippen molar-refractivity contribution < 1.29 is 33.4 Å². The molecular formula is C49H60ClN11O7. The van der Waals surface area contributed by atoms with E-state index in [0.717, 1.165) is 91.0 Å². The van der Waals surface area contributed by atoms with Gasteiger partial charge in [0.05, 0.1) is 32.0 Å². The number of nitrogens with zero attached hydrogens (tertiary/aromatic N) is 5. The molecule has 3 aliphatic rings. The number of H-pyrrole nitrogens is 1. The fourth-order valence-electron chi connectivity index (χ4n) is 9.03. The van der Waals surface area contributed by atoms with E-state index in [0.29, 0.717) is 87.4 Å². The number of carbonyl (C=O) groups is 4. The first kappa shape index (κ1) is 49.4. The number of hydrogen-bond acceptors (Lipinski definition) is 14. The van der Waals surface area contributed by atoms with Crippen LogP contribution >= 0.6 is 12.4 Å². The van der Waals surface area contributed by atoms with Crippen LogP contribution in [0.5, 0.6) is 5.75 Å². The number of aromatic nitrogens is 5. The van der Waals surface area contributed by atoms with Crippen molar-refractivity contribution in [2.45, 2.75) is 82.8 Å². The van der Waals surface area contributed by atoms with Crippen LogP contribution in [0.4, 0.5) is 11.4 Å². The summed E-state index contributed by atoms with van der Waals surface area (Å²) in [5.74, 6) is 0.568. The van der Waals surface area contributed by atoms with Gasteiger partial charge < -0.3 is 40.8 Å². The Kier molecular flexibility index (Phi) is 17.1. The number of primary amides is 1. The Morgan fingerprint density at radius 3 is 2.49 bits per heavy atom. The van der Waals surface area contributed by atoms with Gasteiger partial charge in [0.15, 0.2) is 11.6 Å². The van der Waals surface area contributed by atoms with E-state index in [4.69, 9.17) is 24.9 Å². The third-order valence-corrected chi connectivity index (χ3v) is 12.6. The number of carbonyl (C=O) groups excluding carboxylic acids is 4. The van der Waals surface area contributed by atoms with E-state index < -0.39 is 23.4 Å². The molecule has 5 aromatic rings. The van der Waals surface area contributed by atoms with E-state index >= 15 is 0 Å². The number of piperidine rings is 2. The molecule has 5 heterocycles. The monoisotopic (exact) mass is 949 g/mol. The summed E-state index contributed by atoms with van der Waals surface area (Å²) in [6, 6.07) is 18.5. The van der Waals surface area contributed by atoms with Gasteiger partial charge in [-0.05, 0) is 117 Å². The first-order valence-electron chi connectivity index (χ1n) is 23.3. The highest BCUT2D eigenvalue weighted by molar-refractivity contribution is 6.05. The second-order valence-electron chi connectivity index (χ2n) is 17.0. The SMILES string of the molecule is CCc1c(C(N)=O)ccc(-c2cccc(OCCCCCCOCCOCCNc3ccc4c(c3)CN(C3CCC(=O)NC3=O)C4=O)c2)c1NC1(c2nc(-c3ccncn3)n[nH]2)CCNCC1.Cl. The summed E-state index contributed by atoms with van der Waals surface area (Å²) in [7, 11) is 0. The zero-order chi connectivity index (χ0) is 46.6. The topological polar surface area (TPSA) is 241 Å². The minimum atomic E-state index is -0.628. The quantitative estimate of drug-likeness (QED) is 0.0348. The van der Waals surface area contributed by atoms with Gasteiger partial charge in [0.1, 0.15) is 23.8 Å². The fraction of sp³-hybridized carbons (Fsp3) is 0.429. The molecule has 1 unspecified atom stereocenters. The lowest BCUT2D eigenvalue weighted by atomic mass is 9.85. The van der Waals surface area contributed by atoms with Crippen molar-refractivity contribution in [3.05, 3.63) is 101 Å². The summed E-state index contributed by atoms with van der Waals surface area (Å²) in [4.78, 5) is 64.4. The van der Waals surface area contributed by atoms with Gasteiger partial charge in [-0.3, -0.25) is 29.6 Å². The van der Waals surface area contributed by atoms with Crippen LogP contribution in [0.25, 0.3) is 22.6 Å². The van der Waals surface area contributed by atoms with E-state index in [1.54, 1.807) is 23.2 Å². The van der Waals surface area contributed by atoms with Gasteiger partial charge in [-0.1, -0.05) is 31.5 Å². The second-order valence-corrected chi connectivity index (χ2v) is 17.0. The number of fused-ring (bicyclic) bond motifs is 1. The van der Waals surface area contributed by atoms with Gasteiger partial charge in [0.2, 0.25) is 17.7 Å². The van der Waals surface area contributed by atoms with Crippen LogP contribution < -0.4 is 31.7 Å². The van der Waals surface area contributed by atoms with Gasteiger partial charge in [0.25, 0.3) is 5.91 Å². The number of imide groups is 1. The predicted molar refractivity (Wildman–Crippen MR) is 258 cm³/mol. The molecule has 360 valence electrons. The molecule has 1 atom stereocenters. The molecule has 8 rings (SSSR count). The number of ether oxygens (including phenoxy) is 3. The summed E-state index contributed by atoms with van der Waals surface area (Å²) in [5, 5.41) is 20.8. The lowest BCUT2D eigenvalue weighted by molar-refractivity contribution is -0.136. The Morgan fingerprint density at radius 2 is 1.72 bits per heavy atom. The van der Waals surface area contributed by atoms with Crippen LogP contribution in [-0.2, 0) is 37.6 Å². The Balaban J connectivity index is 0.00000684. The molecule has 2 aromatic heterocycles. The molecule has 18 nitrogen and oxygen atoms in total. The Hall–Kier alpha value is -6.47. The molecule has 0 spiro atoms. The molecule has 0 bridgehead atoms. The zero-order valence-corrected chi connectivity index (χ0v) is 39.1. The average Bonchev–Trinajstić information content (AvgIpc) is 3.97. The highest BCUT2D eigenvalue weighted by atomic mass is 35.5. The summed E-state index contributed by atoms with van der Waals surface area (Å²) in [6.07, 6.45) is 9.63. The maximum absolute atomic E-state index is 12.9. The van der Waals surface area contributed by atoms with E-state index in [1.807, 2.05) is 49.4 Å². The van der Waals surface area contributed by atoms with Gasteiger partial charge >= 0.3 is 0 Å². The number of hydrogen-bond donors (Lipinski definition) is 6. The Morgan fingerprint density at radius 1 is 0.926 bits per heavy atom.